The molecule has 0 fully saturated rings. The van der Waals surface area contributed by atoms with Gasteiger partial charge < -0.3 is 20.1 Å². The Hall–Kier alpha value is -2.08. The van der Waals surface area contributed by atoms with Gasteiger partial charge in [0, 0.05) is 5.70 Å². The lowest BCUT2D eigenvalue weighted by Crippen LogP contribution is -2.44. The SMILES string of the molecule is CCOc1ccc(C2NC(C)=C(C(=O)OC)NC2=S)cc1. The molecule has 0 aliphatic carbocycles. The lowest BCUT2D eigenvalue weighted by atomic mass is 10.0. The molecule has 0 radical (unpaired) electrons. The van der Waals surface area contributed by atoms with Crippen LogP contribution in [0.1, 0.15) is 25.5 Å². The first kappa shape index (κ1) is 15.3. The lowest BCUT2D eigenvalue weighted by molar-refractivity contribution is -0.136. The minimum Gasteiger partial charge on any atom is -0.494 e. The van der Waals surface area contributed by atoms with Crippen LogP contribution in [0.4, 0.5) is 0 Å². The normalized spacial score (nSPS) is 17.9. The predicted octanol–water partition coefficient (Wildman–Crippen LogP) is 2.05. The Bertz CT molecular complexity index is 581. The van der Waals surface area contributed by atoms with E-state index in [0.29, 0.717) is 23.0 Å². The fraction of sp³-hybridized carbons (Fsp3) is 0.333. The van der Waals surface area contributed by atoms with Gasteiger partial charge in [0.05, 0.1) is 13.7 Å². The molecule has 0 bridgehead atoms. The molecule has 1 heterocycles. The zero-order valence-corrected chi connectivity index (χ0v) is 13.0. The summed E-state index contributed by atoms with van der Waals surface area (Å²) in [5, 5.41) is 6.18. The second kappa shape index (κ2) is 6.58. The minimum atomic E-state index is -0.438. The molecule has 0 saturated heterocycles. The number of rotatable bonds is 4. The second-order valence-corrected chi connectivity index (χ2v) is 5.00. The molecule has 21 heavy (non-hydrogen) atoms. The number of methoxy groups -OCH3 is 1. The van der Waals surface area contributed by atoms with E-state index in [9.17, 15) is 4.79 Å². The quantitative estimate of drug-likeness (QED) is 0.656. The van der Waals surface area contributed by atoms with Crippen LogP contribution in [0.3, 0.4) is 0 Å². The van der Waals surface area contributed by atoms with Gasteiger partial charge in [-0.1, -0.05) is 24.4 Å². The van der Waals surface area contributed by atoms with E-state index in [2.05, 4.69) is 10.6 Å². The van der Waals surface area contributed by atoms with Gasteiger partial charge in [-0.2, -0.15) is 0 Å². The first-order valence-electron chi connectivity index (χ1n) is 6.66. The Balaban J connectivity index is 2.20. The van der Waals surface area contributed by atoms with Crippen LogP contribution in [0.25, 0.3) is 0 Å². The number of carbonyl (C=O) groups is 1. The van der Waals surface area contributed by atoms with Gasteiger partial charge >= 0.3 is 5.97 Å². The summed E-state index contributed by atoms with van der Waals surface area (Å²) in [4.78, 5) is 12.2. The third kappa shape index (κ3) is 3.33. The molecule has 5 nitrogen and oxygen atoms in total. The summed E-state index contributed by atoms with van der Waals surface area (Å²) in [5.41, 5.74) is 2.05. The molecule has 1 aromatic rings. The Morgan fingerprint density at radius 3 is 2.57 bits per heavy atom. The molecule has 1 aliphatic rings. The van der Waals surface area contributed by atoms with E-state index >= 15 is 0 Å². The van der Waals surface area contributed by atoms with Crippen molar-refractivity contribution < 1.29 is 14.3 Å². The molecular weight excluding hydrogens is 288 g/mol. The Labute approximate surface area is 129 Å². The van der Waals surface area contributed by atoms with Crippen LogP contribution < -0.4 is 15.4 Å². The van der Waals surface area contributed by atoms with Crippen molar-refractivity contribution in [2.24, 2.45) is 0 Å². The molecule has 0 aromatic heterocycles. The van der Waals surface area contributed by atoms with Crippen LogP contribution in [-0.2, 0) is 9.53 Å². The lowest BCUT2D eigenvalue weighted by Gasteiger charge is -2.29. The Kier molecular flexibility index (Phi) is 4.80. The van der Waals surface area contributed by atoms with Crippen molar-refractivity contribution in [1.82, 2.24) is 10.6 Å². The van der Waals surface area contributed by atoms with E-state index in [0.717, 1.165) is 11.3 Å². The monoisotopic (exact) mass is 306 g/mol. The van der Waals surface area contributed by atoms with Crippen LogP contribution in [0, 0.1) is 0 Å². The zero-order valence-electron chi connectivity index (χ0n) is 12.2. The summed E-state index contributed by atoms with van der Waals surface area (Å²) >= 11 is 5.34. The largest absolute Gasteiger partial charge is 0.494 e. The smallest absolute Gasteiger partial charge is 0.356 e. The predicted molar refractivity (Wildman–Crippen MR) is 83.9 cm³/mol. The standard InChI is InChI=1S/C15H18N2O3S/c1-4-20-11-7-5-10(6-8-11)13-14(21)17-12(9(2)16-13)15(18)19-3/h5-8,13,16H,4H2,1-3H3,(H,17,21). The van der Waals surface area contributed by atoms with Crippen LogP contribution in [-0.4, -0.2) is 24.7 Å². The van der Waals surface area contributed by atoms with E-state index < -0.39 is 5.97 Å². The van der Waals surface area contributed by atoms with Crippen molar-refractivity contribution in [3.8, 4) is 5.75 Å². The second-order valence-electron chi connectivity index (χ2n) is 4.56. The molecule has 2 rings (SSSR count). The first-order chi connectivity index (χ1) is 10.1. The van der Waals surface area contributed by atoms with E-state index in [1.807, 2.05) is 38.1 Å². The number of benzene rings is 1. The van der Waals surface area contributed by atoms with Gasteiger partial charge in [0.25, 0.3) is 0 Å². The van der Waals surface area contributed by atoms with Crippen molar-refractivity contribution in [2.75, 3.05) is 13.7 Å². The summed E-state index contributed by atoms with van der Waals surface area (Å²) in [6, 6.07) is 7.53. The van der Waals surface area contributed by atoms with Crippen molar-refractivity contribution in [3.63, 3.8) is 0 Å². The highest BCUT2D eigenvalue weighted by Gasteiger charge is 2.27. The van der Waals surface area contributed by atoms with Crippen molar-refractivity contribution in [3.05, 3.63) is 41.2 Å². The number of allylic oxidation sites excluding steroid dienone is 1. The van der Waals surface area contributed by atoms with Gasteiger partial charge in [-0.15, -0.1) is 0 Å². The van der Waals surface area contributed by atoms with Gasteiger partial charge in [0.2, 0.25) is 0 Å². The molecular formula is C15H18N2O3S. The van der Waals surface area contributed by atoms with E-state index in [1.54, 1.807) is 0 Å². The Morgan fingerprint density at radius 1 is 1.33 bits per heavy atom. The van der Waals surface area contributed by atoms with Crippen molar-refractivity contribution >= 4 is 23.2 Å². The number of nitrogens with one attached hydrogen (secondary N) is 2. The highest BCUT2D eigenvalue weighted by Crippen LogP contribution is 2.23. The average Bonchev–Trinajstić information content (AvgIpc) is 2.49. The molecule has 0 amide bonds. The van der Waals surface area contributed by atoms with Crippen LogP contribution >= 0.6 is 12.2 Å². The molecule has 0 saturated carbocycles. The fourth-order valence-electron chi connectivity index (χ4n) is 2.11. The third-order valence-electron chi connectivity index (χ3n) is 3.16. The topological polar surface area (TPSA) is 59.6 Å². The zero-order chi connectivity index (χ0) is 15.4. The summed E-state index contributed by atoms with van der Waals surface area (Å²) in [7, 11) is 1.34. The van der Waals surface area contributed by atoms with Gasteiger partial charge in [-0.25, -0.2) is 4.79 Å². The molecule has 1 atom stereocenters. The van der Waals surface area contributed by atoms with Gasteiger partial charge in [0.15, 0.2) is 0 Å². The van der Waals surface area contributed by atoms with E-state index in [-0.39, 0.29) is 6.04 Å². The summed E-state index contributed by atoms with van der Waals surface area (Å²) in [6.45, 7) is 4.38. The highest BCUT2D eigenvalue weighted by atomic mass is 32.1. The fourth-order valence-corrected chi connectivity index (χ4v) is 2.40. The van der Waals surface area contributed by atoms with Crippen molar-refractivity contribution in [2.45, 2.75) is 19.9 Å². The number of ether oxygens (including phenoxy) is 2. The maximum absolute atomic E-state index is 11.6. The number of esters is 1. The third-order valence-corrected chi connectivity index (χ3v) is 3.50. The molecule has 0 spiro atoms. The maximum Gasteiger partial charge on any atom is 0.356 e. The molecule has 6 heteroatoms. The van der Waals surface area contributed by atoms with E-state index in [1.165, 1.54) is 7.11 Å². The average molecular weight is 306 g/mol. The highest BCUT2D eigenvalue weighted by molar-refractivity contribution is 7.80. The summed E-state index contributed by atoms with van der Waals surface area (Å²) in [6.07, 6.45) is 0. The number of thiocarbonyl (C=S) groups is 1. The Morgan fingerprint density at radius 2 is 2.00 bits per heavy atom. The molecule has 2 N–H and O–H groups in total. The minimum absolute atomic E-state index is 0.177. The van der Waals surface area contributed by atoms with Gasteiger partial charge in [0.1, 0.15) is 22.5 Å². The summed E-state index contributed by atoms with van der Waals surface area (Å²) < 4.78 is 10.1. The molecule has 1 aliphatic heterocycles. The van der Waals surface area contributed by atoms with Crippen molar-refractivity contribution in [1.29, 1.82) is 0 Å². The maximum atomic E-state index is 11.6. The molecule has 1 unspecified atom stereocenters. The van der Waals surface area contributed by atoms with Crippen LogP contribution in [0.15, 0.2) is 35.7 Å². The van der Waals surface area contributed by atoms with Crippen LogP contribution in [0.2, 0.25) is 0 Å². The molecule has 1 aromatic carbocycles. The molecule has 112 valence electrons. The number of hydrogen-bond donors (Lipinski definition) is 2. The van der Waals surface area contributed by atoms with Gasteiger partial charge in [-0.3, -0.25) is 0 Å². The van der Waals surface area contributed by atoms with Crippen LogP contribution in [0.5, 0.6) is 5.75 Å². The first-order valence-corrected chi connectivity index (χ1v) is 7.07. The number of carbonyl (C=O) groups excluding carboxylic acids is 1. The number of hydrogen-bond acceptors (Lipinski definition) is 5. The van der Waals surface area contributed by atoms with Gasteiger partial charge in [-0.05, 0) is 31.5 Å². The van der Waals surface area contributed by atoms with E-state index in [4.69, 9.17) is 21.7 Å². The summed E-state index contributed by atoms with van der Waals surface area (Å²) in [5.74, 6) is 0.381.